The average Bonchev–Trinajstić information content (AvgIpc) is 2.64. The minimum atomic E-state index is -0.194. The fourth-order valence-corrected chi connectivity index (χ4v) is 3.29. The third kappa shape index (κ3) is 5.49. The van der Waals surface area contributed by atoms with Crippen molar-refractivity contribution in [2.45, 2.75) is 53.9 Å². The predicted molar refractivity (Wildman–Crippen MR) is 120 cm³/mol. The molecule has 0 saturated carbocycles. The van der Waals surface area contributed by atoms with Gasteiger partial charge in [-0.05, 0) is 78.8 Å². The van der Waals surface area contributed by atoms with E-state index in [2.05, 4.69) is 57.3 Å². The van der Waals surface area contributed by atoms with Gasteiger partial charge in [0.1, 0.15) is 5.82 Å². The van der Waals surface area contributed by atoms with Gasteiger partial charge in [-0.1, -0.05) is 57.6 Å². The maximum atomic E-state index is 13.6. The lowest BCUT2D eigenvalue weighted by atomic mass is 9.92. The van der Waals surface area contributed by atoms with Gasteiger partial charge in [-0.3, -0.25) is 0 Å². The molecule has 0 aliphatic heterocycles. The third-order valence-electron chi connectivity index (χ3n) is 4.97. The van der Waals surface area contributed by atoms with Crippen molar-refractivity contribution in [3.05, 3.63) is 70.5 Å². The van der Waals surface area contributed by atoms with Crippen molar-refractivity contribution in [2.24, 2.45) is 5.92 Å². The summed E-state index contributed by atoms with van der Waals surface area (Å²) >= 11 is 5.51. The molecule has 27 heavy (non-hydrogen) atoms. The Balaban J connectivity index is 2.40. The molecule has 0 aromatic heterocycles. The molecular weight excluding hydrogens is 353 g/mol. The van der Waals surface area contributed by atoms with E-state index in [4.69, 9.17) is 12.2 Å². The molecule has 3 heteroatoms. The summed E-state index contributed by atoms with van der Waals surface area (Å²) in [5.41, 5.74) is 6.55. The number of thiocarbonyl (C=S) groups is 1. The molecule has 0 spiro atoms. The van der Waals surface area contributed by atoms with E-state index in [-0.39, 0.29) is 5.82 Å². The number of rotatable bonds is 7. The molecule has 0 saturated heterocycles. The van der Waals surface area contributed by atoms with Crippen molar-refractivity contribution in [3.63, 3.8) is 0 Å². The number of nitrogens with one attached hydrogen (secondary N) is 1. The summed E-state index contributed by atoms with van der Waals surface area (Å²) in [6.07, 6.45) is 5.34. The number of unbranched alkanes of at least 4 members (excludes halogenated alkanes) is 1. The van der Waals surface area contributed by atoms with Crippen LogP contribution in [-0.2, 0) is 0 Å². The van der Waals surface area contributed by atoms with Crippen LogP contribution in [0.4, 0.5) is 10.1 Å². The standard InChI is InChI=1S/C24H30FNS/c1-6-8-9-22(21-12-11-20(25)15-17(21)4)19-10-13-23(18(5)14-19)26-24(27)16(3)7-2/h9-16H,6-8H2,1-5H3,(H,26,27)/b22-9-. The molecule has 2 aromatic rings. The van der Waals surface area contributed by atoms with E-state index < -0.39 is 0 Å². The largest absolute Gasteiger partial charge is 0.350 e. The van der Waals surface area contributed by atoms with Crippen LogP contribution in [0.2, 0.25) is 0 Å². The zero-order chi connectivity index (χ0) is 20.0. The molecule has 144 valence electrons. The Labute approximate surface area is 168 Å². The highest BCUT2D eigenvalue weighted by atomic mass is 32.1. The minimum absolute atomic E-state index is 0.194. The quantitative estimate of drug-likeness (QED) is 0.498. The number of hydrogen-bond donors (Lipinski definition) is 1. The second-order valence-corrected chi connectivity index (χ2v) is 7.63. The van der Waals surface area contributed by atoms with Gasteiger partial charge in [0.05, 0.1) is 4.99 Å². The number of benzene rings is 2. The van der Waals surface area contributed by atoms with Crippen molar-refractivity contribution < 1.29 is 4.39 Å². The Morgan fingerprint density at radius 1 is 1.11 bits per heavy atom. The van der Waals surface area contributed by atoms with Crippen LogP contribution >= 0.6 is 12.2 Å². The summed E-state index contributed by atoms with van der Waals surface area (Å²) in [7, 11) is 0. The number of hydrogen-bond acceptors (Lipinski definition) is 1. The van der Waals surface area contributed by atoms with Crippen LogP contribution in [0.25, 0.3) is 5.57 Å². The van der Waals surface area contributed by atoms with Crippen molar-refractivity contribution in [1.82, 2.24) is 0 Å². The smallest absolute Gasteiger partial charge is 0.123 e. The van der Waals surface area contributed by atoms with Crippen LogP contribution in [0.3, 0.4) is 0 Å². The summed E-state index contributed by atoms with van der Waals surface area (Å²) in [5.74, 6) is 0.168. The van der Waals surface area contributed by atoms with Crippen molar-refractivity contribution in [3.8, 4) is 0 Å². The molecule has 0 fully saturated rings. The maximum Gasteiger partial charge on any atom is 0.123 e. The fourth-order valence-electron chi connectivity index (χ4n) is 3.01. The zero-order valence-electron chi connectivity index (χ0n) is 17.0. The highest BCUT2D eigenvalue weighted by Gasteiger charge is 2.12. The van der Waals surface area contributed by atoms with Gasteiger partial charge < -0.3 is 5.32 Å². The Bertz CT molecular complexity index is 838. The van der Waals surface area contributed by atoms with E-state index in [0.29, 0.717) is 5.92 Å². The summed E-state index contributed by atoms with van der Waals surface area (Å²) < 4.78 is 13.6. The number of halogens is 1. The Morgan fingerprint density at radius 2 is 1.85 bits per heavy atom. The lowest BCUT2D eigenvalue weighted by molar-refractivity contribution is 0.626. The maximum absolute atomic E-state index is 13.6. The van der Waals surface area contributed by atoms with Gasteiger partial charge in [0.25, 0.3) is 0 Å². The van der Waals surface area contributed by atoms with Gasteiger partial charge >= 0.3 is 0 Å². The molecule has 1 atom stereocenters. The first kappa shape index (κ1) is 21.3. The van der Waals surface area contributed by atoms with Crippen molar-refractivity contribution in [1.29, 1.82) is 0 Å². The molecule has 0 aliphatic carbocycles. The van der Waals surface area contributed by atoms with Gasteiger partial charge in [0, 0.05) is 11.6 Å². The Morgan fingerprint density at radius 3 is 2.44 bits per heavy atom. The van der Waals surface area contributed by atoms with E-state index in [1.54, 1.807) is 6.07 Å². The minimum Gasteiger partial charge on any atom is -0.350 e. The molecule has 0 heterocycles. The van der Waals surface area contributed by atoms with E-state index in [1.165, 1.54) is 6.07 Å². The van der Waals surface area contributed by atoms with E-state index >= 15 is 0 Å². The first-order chi connectivity index (χ1) is 12.9. The first-order valence-corrected chi connectivity index (χ1v) is 10.2. The van der Waals surface area contributed by atoms with E-state index in [1.807, 2.05) is 13.0 Å². The molecule has 1 N–H and O–H groups in total. The SMILES string of the molecule is CCC/C=C(/c1ccc(NC(=S)C(C)CC)c(C)c1)c1ccc(F)cc1C. The number of aryl methyl sites for hydroxylation is 2. The number of anilines is 1. The van der Waals surface area contributed by atoms with Crippen LogP contribution in [0.15, 0.2) is 42.5 Å². The summed E-state index contributed by atoms with van der Waals surface area (Å²) in [5, 5.41) is 3.39. The highest BCUT2D eigenvalue weighted by molar-refractivity contribution is 7.80. The summed E-state index contributed by atoms with van der Waals surface area (Å²) in [6.45, 7) is 10.5. The normalized spacial score (nSPS) is 12.7. The van der Waals surface area contributed by atoms with Crippen LogP contribution in [-0.4, -0.2) is 4.99 Å². The number of allylic oxidation sites excluding steroid dienone is 1. The molecule has 0 bridgehead atoms. The van der Waals surface area contributed by atoms with Crippen LogP contribution in [0.1, 0.15) is 62.3 Å². The molecule has 0 amide bonds. The van der Waals surface area contributed by atoms with Gasteiger partial charge in [-0.25, -0.2) is 4.39 Å². The average molecular weight is 384 g/mol. The first-order valence-electron chi connectivity index (χ1n) is 9.75. The lowest BCUT2D eigenvalue weighted by Gasteiger charge is -2.17. The summed E-state index contributed by atoms with van der Waals surface area (Å²) in [4.78, 5) is 0.879. The second kappa shape index (κ2) is 9.80. The van der Waals surface area contributed by atoms with Gasteiger partial charge in [-0.15, -0.1) is 0 Å². The highest BCUT2D eigenvalue weighted by Crippen LogP contribution is 2.30. The lowest BCUT2D eigenvalue weighted by Crippen LogP contribution is -2.18. The van der Waals surface area contributed by atoms with Gasteiger partial charge in [0.2, 0.25) is 0 Å². The van der Waals surface area contributed by atoms with Gasteiger partial charge in [0.15, 0.2) is 0 Å². The summed E-state index contributed by atoms with van der Waals surface area (Å²) in [6, 6.07) is 11.4. The monoisotopic (exact) mass is 383 g/mol. The molecule has 1 unspecified atom stereocenters. The van der Waals surface area contributed by atoms with Crippen LogP contribution in [0.5, 0.6) is 0 Å². The molecule has 0 radical (unpaired) electrons. The fraction of sp³-hybridized carbons (Fsp3) is 0.375. The van der Waals surface area contributed by atoms with E-state index in [9.17, 15) is 4.39 Å². The second-order valence-electron chi connectivity index (χ2n) is 7.19. The molecule has 1 nitrogen and oxygen atoms in total. The zero-order valence-corrected chi connectivity index (χ0v) is 17.8. The molecule has 2 rings (SSSR count). The van der Waals surface area contributed by atoms with Crippen LogP contribution in [0, 0.1) is 25.6 Å². The topological polar surface area (TPSA) is 12.0 Å². The van der Waals surface area contributed by atoms with Crippen LogP contribution < -0.4 is 5.32 Å². The molecular formula is C24H30FNS. The van der Waals surface area contributed by atoms with E-state index in [0.717, 1.165) is 57.8 Å². The predicted octanol–water partition coefficient (Wildman–Crippen LogP) is 7.46. The molecule has 2 aromatic carbocycles. The third-order valence-corrected chi connectivity index (χ3v) is 5.48. The van der Waals surface area contributed by atoms with Crippen molar-refractivity contribution in [2.75, 3.05) is 5.32 Å². The Kier molecular flexibility index (Phi) is 7.73. The van der Waals surface area contributed by atoms with Gasteiger partial charge in [-0.2, -0.15) is 0 Å². The molecule has 0 aliphatic rings. The Hall–Kier alpha value is -2.00. The van der Waals surface area contributed by atoms with Crippen molar-refractivity contribution >= 4 is 28.5 Å².